The van der Waals surface area contributed by atoms with Crippen molar-refractivity contribution in [3.63, 3.8) is 0 Å². The first-order chi connectivity index (χ1) is 20.3. The first kappa shape index (κ1) is 34.5. The lowest BCUT2D eigenvalue weighted by atomic mass is 10.0. The molecule has 1 fully saturated rings. The number of thiazole rings is 1. The number of hydrogen-bond acceptors (Lipinski definition) is 10. The van der Waals surface area contributed by atoms with Gasteiger partial charge in [-0.05, 0) is 47.8 Å². The minimum absolute atomic E-state index is 0.00850. The molecule has 8 nitrogen and oxygen atoms in total. The van der Waals surface area contributed by atoms with Crippen LogP contribution in [0.15, 0.2) is 23.6 Å². The standard InChI is InChI=1S/C31H50N5O3S2Si2/c1-17(2)42(18(3)4)39-43(19(5)6,20(7)8)38-16-23-14-24(21(9)28(23)37)34-29-27(22(10)33-31(36-29)40-11)30-35-25-15-32-13-12-26(25)41-30/h12-13,15,17-21,23-24,28,37H,14,16H2,1-11H3,(H,33,34,36). The van der Waals surface area contributed by atoms with Crippen LogP contribution in [0.5, 0.6) is 0 Å². The van der Waals surface area contributed by atoms with Gasteiger partial charge < -0.3 is 19.0 Å². The molecule has 0 bridgehead atoms. The highest BCUT2D eigenvalue weighted by Gasteiger charge is 2.49. The first-order valence-corrected chi connectivity index (χ1v) is 21.1. The van der Waals surface area contributed by atoms with E-state index in [4.69, 9.17) is 23.5 Å². The Bertz CT molecular complexity index is 1320. The highest BCUT2D eigenvalue weighted by atomic mass is 32.2. The van der Waals surface area contributed by atoms with E-state index in [-0.39, 0.29) is 17.9 Å². The van der Waals surface area contributed by atoms with Crippen LogP contribution in [0.4, 0.5) is 5.82 Å². The number of rotatable bonds is 13. The molecule has 0 spiro atoms. The number of pyridine rings is 1. The zero-order valence-corrected chi connectivity index (χ0v) is 31.3. The third kappa shape index (κ3) is 7.36. The molecule has 0 aromatic carbocycles. The van der Waals surface area contributed by atoms with E-state index in [9.17, 15) is 5.11 Å². The average Bonchev–Trinajstić information content (AvgIpc) is 3.48. The lowest BCUT2D eigenvalue weighted by Gasteiger charge is -2.42. The average molecular weight is 661 g/mol. The third-order valence-electron chi connectivity index (χ3n) is 8.74. The Balaban J connectivity index is 1.58. The number of aliphatic hydroxyl groups excluding tert-OH is 1. The molecule has 4 atom stereocenters. The van der Waals surface area contributed by atoms with E-state index < -0.39 is 23.7 Å². The van der Waals surface area contributed by atoms with Gasteiger partial charge in [-0.15, -0.1) is 11.3 Å². The van der Waals surface area contributed by atoms with Crippen LogP contribution < -0.4 is 5.32 Å². The van der Waals surface area contributed by atoms with Crippen LogP contribution in [0.1, 0.15) is 74.4 Å². The molecule has 0 aliphatic heterocycles. The van der Waals surface area contributed by atoms with Gasteiger partial charge in [-0.3, -0.25) is 4.98 Å². The summed E-state index contributed by atoms with van der Waals surface area (Å²) in [5.74, 6) is 0.802. The summed E-state index contributed by atoms with van der Waals surface area (Å²) >= 11 is 3.15. The van der Waals surface area contributed by atoms with E-state index in [1.165, 1.54) is 11.8 Å². The van der Waals surface area contributed by atoms with Crippen molar-refractivity contribution >= 4 is 56.7 Å². The maximum absolute atomic E-state index is 11.5. The van der Waals surface area contributed by atoms with Crippen molar-refractivity contribution in [1.82, 2.24) is 19.9 Å². The Kier molecular flexibility index (Phi) is 11.5. The van der Waals surface area contributed by atoms with E-state index in [0.29, 0.717) is 33.9 Å². The van der Waals surface area contributed by atoms with Crippen LogP contribution in [-0.4, -0.2) is 67.7 Å². The summed E-state index contributed by atoms with van der Waals surface area (Å²) in [6.45, 7) is 22.8. The van der Waals surface area contributed by atoms with Crippen molar-refractivity contribution in [1.29, 1.82) is 0 Å². The number of thioether (sulfide) groups is 1. The molecule has 0 saturated heterocycles. The molecule has 1 aliphatic rings. The molecular weight excluding hydrogens is 611 g/mol. The van der Waals surface area contributed by atoms with Crippen LogP contribution in [-0.2, 0) is 8.54 Å². The Morgan fingerprint density at radius 1 is 1.09 bits per heavy atom. The fourth-order valence-corrected chi connectivity index (χ4v) is 17.1. The molecule has 43 heavy (non-hydrogen) atoms. The molecule has 4 rings (SSSR count). The number of nitrogens with zero attached hydrogens (tertiary/aromatic N) is 4. The van der Waals surface area contributed by atoms with E-state index in [1.807, 2.05) is 19.2 Å². The summed E-state index contributed by atoms with van der Waals surface area (Å²) in [6.07, 6.45) is 5.88. The van der Waals surface area contributed by atoms with Crippen LogP contribution in [0.25, 0.3) is 20.8 Å². The van der Waals surface area contributed by atoms with Crippen molar-refractivity contribution in [2.24, 2.45) is 11.8 Å². The maximum atomic E-state index is 11.5. The summed E-state index contributed by atoms with van der Waals surface area (Å²) in [6, 6.07) is 2.02. The lowest BCUT2D eigenvalue weighted by Crippen LogP contribution is -2.54. The molecular formula is C31H50N5O3S2Si2. The lowest BCUT2D eigenvalue weighted by molar-refractivity contribution is 0.0609. The van der Waals surface area contributed by atoms with Gasteiger partial charge in [0.2, 0.25) is 9.04 Å². The van der Waals surface area contributed by atoms with E-state index in [1.54, 1.807) is 23.7 Å². The number of fused-ring (bicyclic) bond motifs is 1. The van der Waals surface area contributed by atoms with Crippen molar-refractivity contribution < 1.29 is 13.6 Å². The van der Waals surface area contributed by atoms with Gasteiger partial charge in [-0.1, -0.05) is 74.1 Å². The van der Waals surface area contributed by atoms with Crippen LogP contribution in [0, 0.1) is 18.8 Å². The normalized spacial score (nSPS) is 21.4. The third-order valence-corrected chi connectivity index (χ3v) is 18.7. The second-order valence-corrected chi connectivity index (χ2v) is 22.9. The fourth-order valence-electron chi connectivity index (χ4n) is 6.36. The van der Waals surface area contributed by atoms with Crippen LogP contribution >= 0.6 is 23.1 Å². The van der Waals surface area contributed by atoms with E-state index in [0.717, 1.165) is 38.7 Å². The van der Waals surface area contributed by atoms with Crippen molar-refractivity contribution in [2.45, 2.75) is 115 Å². The predicted molar refractivity (Wildman–Crippen MR) is 185 cm³/mol. The zero-order chi connectivity index (χ0) is 31.6. The molecule has 4 unspecified atom stereocenters. The molecule has 12 heteroatoms. The van der Waals surface area contributed by atoms with Crippen molar-refractivity contribution in [2.75, 3.05) is 18.2 Å². The summed E-state index contributed by atoms with van der Waals surface area (Å²) < 4.78 is 15.2. The highest BCUT2D eigenvalue weighted by Crippen LogP contribution is 2.42. The van der Waals surface area contributed by atoms with Crippen molar-refractivity contribution in [3.8, 4) is 10.6 Å². The fraction of sp³-hybridized carbons (Fsp3) is 0.677. The number of nitrogens with one attached hydrogen (secondary N) is 1. The first-order valence-electron chi connectivity index (χ1n) is 15.6. The number of anilines is 1. The predicted octanol–water partition coefficient (Wildman–Crippen LogP) is 8.08. The quantitative estimate of drug-likeness (QED) is 0.107. The van der Waals surface area contributed by atoms with Gasteiger partial charge in [0, 0.05) is 30.7 Å². The largest absolute Gasteiger partial charge is 0.435 e. The highest BCUT2D eigenvalue weighted by molar-refractivity contribution is 7.98. The molecule has 3 aromatic heterocycles. The Morgan fingerprint density at radius 2 is 1.77 bits per heavy atom. The summed E-state index contributed by atoms with van der Waals surface area (Å²) in [4.78, 5) is 18.8. The van der Waals surface area contributed by atoms with Gasteiger partial charge in [-0.2, -0.15) is 0 Å². The van der Waals surface area contributed by atoms with Gasteiger partial charge >= 0.3 is 8.56 Å². The Labute approximate surface area is 269 Å². The van der Waals surface area contributed by atoms with Gasteiger partial charge in [0.1, 0.15) is 16.3 Å². The van der Waals surface area contributed by atoms with Gasteiger partial charge in [0.25, 0.3) is 0 Å². The number of aryl methyl sites for hydroxylation is 1. The zero-order valence-electron chi connectivity index (χ0n) is 27.6. The molecule has 237 valence electrons. The Hall–Kier alpha value is -1.42. The van der Waals surface area contributed by atoms with E-state index >= 15 is 0 Å². The number of hydrogen-bond donors (Lipinski definition) is 2. The number of aromatic nitrogens is 4. The SMILES string of the molecule is CSc1nc(C)c(-c2nc3cnccc3s2)c(NC2CC(CO[Si](O[Si](C(C)C)C(C)C)(C(C)C)C(C)C)C(O)C2C)n1. The number of aliphatic hydroxyl groups is 1. The molecule has 2 N–H and O–H groups in total. The minimum atomic E-state index is -2.57. The molecule has 3 heterocycles. The van der Waals surface area contributed by atoms with Crippen molar-refractivity contribution in [3.05, 3.63) is 24.2 Å². The van der Waals surface area contributed by atoms with Crippen LogP contribution in [0.3, 0.4) is 0 Å². The molecule has 1 aliphatic carbocycles. The smallest absolute Gasteiger partial charge is 0.333 e. The summed E-state index contributed by atoms with van der Waals surface area (Å²) in [5.41, 5.74) is 4.31. The molecule has 3 aromatic rings. The van der Waals surface area contributed by atoms with Crippen LogP contribution in [0.2, 0.25) is 22.2 Å². The second-order valence-electron chi connectivity index (χ2n) is 13.1. The monoisotopic (exact) mass is 660 g/mol. The summed E-state index contributed by atoms with van der Waals surface area (Å²) in [7, 11) is -3.62. The van der Waals surface area contributed by atoms with Gasteiger partial charge in [0.15, 0.2) is 5.16 Å². The Morgan fingerprint density at radius 3 is 2.35 bits per heavy atom. The van der Waals surface area contributed by atoms with E-state index in [2.05, 4.69) is 72.6 Å². The summed E-state index contributed by atoms with van der Waals surface area (Å²) in [5, 5.41) is 16.8. The topological polar surface area (TPSA) is 102 Å². The maximum Gasteiger partial charge on any atom is 0.333 e. The minimum Gasteiger partial charge on any atom is -0.435 e. The molecule has 0 amide bonds. The van der Waals surface area contributed by atoms with Gasteiger partial charge in [-0.25, -0.2) is 15.0 Å². The molecule has 1 radical (unpaired) electrons. The second kappa shape index (κ2) is 14.3. The molecule has 1 saturated carbocycles. The van der Waals surface area contributed by atoms with Gasteiger partial charge in [0.05, 0.1) is 28.3 Å².